The molecule has 2 aromatic carbocycles. The van der Waals surface area contributed by atoms with Crippen molar-refractivity contribution in [3.63, 3.8) is 0 Å². The number of nitrogens with one attached hydrogen (secondary N) is 1. The molecule has 122 valence electrons. The molecule has 0 aromatic heterocycles. The zero-order valence-corrected chi connectivity index (χ0v) is 14.3. The molecule has 1 heterocycles. The van der Waals surface area contributed by atoms with Crippen molar-refractivity contribution >= 4 is 0 Å². The predicted octanol–water partition coefficient (Wildman–Crippen LogP) is 4.22. The molecule has 1 aliphatic heterocycles. The molecule has 0 bridgehead atoms. The van der Waals surface area contributed by atoms with Gasteiger partial charge in [0.15, 0.2) is 0 Å². The smallest absolute Gasteiger partial charge is 0.0240 e. The summed E-state index contributed by atoms with van der Waals surface area (Å²) >= 11 is 0. The normalized spacial score (nSPS) is 20.6. The molecule has 0 aliphatic carbocycles. The summed E-state index contributed by atoms with van der Waals surface area (Å²) in [4.78, 5) is 2.63. The second-order valence-corrected chi connectivity index (χ2v) is 7.33. The van der Waals surface area contributed by atoms with Crippen LogP contribution in [0, 0.1) is 0 Å². The highest BCUT2D eigenvalue weighted by Gasteiger charge is 2.29. The Labute approximate surface area is 140 Å². The molecule has 1 unspecified atom stereocenters. The van der Waals surface area contributed by atoms with E-state index in [0.717, 1.165) is 19.6 Å². The summed E-state index contributed by atoms with van der Waals surface area (Å²) < 4.78 is 0. The molecule has 0 saturated carbocycles. The van der Waals surface area contributed by atoms with Crippen LogP contribution in [-0.2, 0) is 13.1 Å². The van der Waals surface area contributed by atoms with Crippen molar-refractivity contribution in [2.45, 2.75) is 51.4 Å². The minimum atomic E-state index is 0.279. The Morgan fingerprint density at radius 2 is 1.43 bits per heavy atom. The SMILES string of the molecule is CC1(C)CCC(N(Cc2ccccc2)Cc2ccccc2)CN1. The fourth-order valence-corrected chi connectivity index (χ4v) is 3.37. The molecular formula is C21H28N2. The number of rotatable bonds is 5. The maximum Gasteiger partial charge on any atom is 0.0240 e. The molecule has 2 aromatic rings. The van der Waals surface area contributed by atoms with Gasteiger partial charge in [-0.1, -0.05) is 60.7 Å². The molecule has 0 radical (unpaired) electrons. The molecule has 1 N–H and O–H groups in total. The van der Waals surface area contributed by atoms with E-state index in [-0.39, 0.29) is 5.54 Å². The Morgan fingerprint density at radius 3 is 1.87 bits per heavy atom. The van der Waals surface area contributed by atoms with Crippen molar-refractivity contribution in [2.75, 3.05) is 6.54 Å². The third kappa shape index (κ3) is 4.66. The molecule has 1 aliphatic rings. The van der Waals surface area contributed by atoms with Gasteiger partial charge in [-0.3, -0.25) is 4.90 Å². The molecule has 23 heavy (non-hydrogen) atoms. The largest absolute Gasteiger partial charge is 0.310 e. The van der Waals surface area contributed by atoms with Crippen LogP contribution in [-0.4, -0.2) is 23.0 Å². The lowest BCUT2D eigenvalue weighted by molar-refractivity contribution is 0.118. The first-order valence-corrected chi connectivity index (χ1v) is 8.69. The van der Waals surface area contributed by atoms with E-state index in [1.54, 1.807) is 0 Å². The summed E-state index contributed by atoms with van der Waals surface area (Å²) in [5.74, 6) is 0. The summed E-state index contributed by atoms with van der Waals surface area (Å²) in [6, 6.07) is 22.3. The number of piperidine rings is 1. The monoisotopic (exact) mass is 308 g/mol. The minimum absolute atomic E-state index is 0.279. The Bertz CT molecular complexity index is 540. The van der Waals surface area contributed by atoms with Crippen LogP contribution in [0.4, 0.5) is 0 Å². The number of hydrogen-bond acceptors (Lipinski definition) is 2. The van der Waals surface area contributed by atoms with Crippen molar-refractivity contribution in [1.29, 1.82) is 0 Å². The van der Waals surface area contributed by atoms with E-state index in [2.05, 4.69) is 84.7 Å². The minimum Gasteiger partial charge on any atom is -0.310 e. The van der Waals surface area contributed by atoms with Gasteiger partial charge in [-0.15, -0.1) is 0 Å². The lowest BCUT2D eigenvalue weighted by Crippen LogP contribution is -2.53. The number of benzene rings is 2. The van der Waals surface area contributed by atoms with Crippen LogP contribution < -0.4 is 5.32 Å². The third-order valence-corrected chi connectivity index (χ3v) is 4.89. The zero-order valence-electron chi connectivity index (χ0n) is 14.3. The van der Waals surface area contributed by atoms with Crippen LogP contribution in [0.1, 0.15) is 37.8 Å². The van der Waals surface area contributed by atoms with Crippen molar-refractivity contribution in [3.8, 4) is 0 Å². The van der Waals surface area contributed by atoms with E-state index in [1.165, 1.54) is 24.0 Å². The quantitative estimate of drug-likeness (QED) is 0.889. The average Bonchev–Trinajstić information content (AvgIpc) is 2.56. The topological polar surface area (TPSA) is 15.3 Å². The van der Waals surface area contributed by atoms with Gasteiger partial charge in [0, 0.05) is 31.2 Å². The van der Waals surface area contributed by atoms with E-state index >= 15 is 0 Å². The lowest BCUT2D eigenvalue weighted by Gasteiger charge is -2.41. The Hall–Kier alpha value is -1.64. The van der Waals surface area contributed by atoms with Crippen molar-refractivity contribution in [3.05, 3.63) is 71.8 Å². The average molecular weight is 308 g/mol. The van der Waals surface area contributed by atoms with Crippen LogP contribution in [0.25, 0.3) is 0 Å². The number of hydrogen-bond donors (Lipinski definition) is 1. The van der Waals surface area contributed by atoms with Crippen LogP contribution in [0.5, 0.6) is 0 Å². The highest BCUT2D eigenvalue weighted by atomic mass is 15.2. The summed E-state index contributed by atoms with van der Waals surface area (Å²) in [7, 11) is 0. The van der Waals surface area contributed by atoms with E-state index in [9.17, 15) is 0 Å². The molecule has 0 amide bonds. The molecule has 1 saturated heterocycles. The first kappa shape index (κ1) is 16.2. The molecule has 0 spiro atoms. The third-order valence-electron chi connectivity index (χ3n) is 4.89. The van der Waals surface area contributed by atoms with Crippen molar-refractivity contribution in [1.82, 2.24) is 10.2 Å². The van der Waals surface area contributed by atoms with Gasteiger partial charge in [0.05, 0.1) is 0 Å². The molecule has 1 atom stereocenters. The van der Waals surface area contributed by atoms with Gasteiger partial charge >= 0.3 is 0 Å². The van der Waals surface area contributed by atoms with Gasteiger partial charge in [-0.25, -0.2) is 0 Å². The second kappa shape index (κ2) is 7.29. The molecular weight excluding hydrogens is 280 g/mol. The number of nitrogens with zero attached hydrogens (tertiary/aromatic N) is 1. The lowest BCUT2D eigenvalue weighted by atomic mass is 9.89. The van der Waals surface area contributed by atoms with Gasteiger partial charge in [0.2, 0.25) is 0 Å². The van der Waals surface area contributed by atoms with E-state index in [0.29, 0.717) is 6.04 Å². The van der Waals surface area contributed by atoms with Crippen molar-refractivity contribution < 1.29 is 0 Å². The van der Waals surface area contributed by atoms with Crippen LogP contribution in [0.2, 0.25) is 0 Å². The first-order chi connectivity index (χ1) is 11.1. The summed E-state index contributed by atoms with van der Waals surface area (Å²) in [6.07, 6.45) is 2.50. The van der Waals surface area contributed by atoms with Crippen molar-refractivity contribution in [2.24, 2.45) is 0 Å². The Morgan fingerprint density at radius 1 is 0.913 bits per heavy atom. The molecule has 2 heteroatoms. The predicted molar refractivity (Wildman–Crippen MR) is 97.2 cm³/mol. The summed E-state index contributed by atoms with van der Waals surface area (Å²) in [5.41, 5.74) is 3.07. The highest BCUT2D eigenvalue weighted by Crippen LogP contribution is 2.24. The molecule has 3 rings (SSSR count). The van der Waals surface area contributed by atoms with Gasteiger partial charge in [-0.2, -0.15) is 0 Å². The fourth-order valence-electron chi connectivity index (χ4n) is 3.37. The van der Waals surface area contributed by atoms with E-state index in [1.807, 2.05) is 0 Å². The van der Waals surface area contributed by atoms with Gasteiger partial charge in [-0.05, 0) is 37.8 Å². The highest BCUT2D eigenvalue weighted by molar-refractivity contribution is 5.17. The Balaban J connectivity index is 1.73. The molecule has 2 nitrogen and oxygen atoms in total. The van der Waals surface area contributed by atoms with E-state index in [4.69, 9.17) is 0 Å². The summed E-state index contributed by atoms with van der Waals surface area (Å²) in [5, 5.41) is 3.72. The molecule has 1 fully saturated rings. The van der Waals surface area contributed by atoms with Crippen LogP contribution >= 0.6 is 0 Å². The van der Waals surface area contributed by atoms with Gasteiger partial charge < -0.3 is 5.32 Å². The van der Waals surface area contributed by atoms with E-state index < -0.39 is 0 Å². The standard InChI is InChI=1S/C21H28N2/c1-21(2)14-13-20(15-22-21)23(16-18-9-5-3-6-10-18)17-19-11-7-4-8-12-19/h3-12,20,22H,13-17H2,1-2H3. The van der Waals surface area contributed by atoms with Crippen LogP contribution in [0.3, 0.4) is 0 Å². The Kier molecular flexibility index (Phi) is 5.14. The zero-order chi connectivity index (χ0) is 16.1. The first-order valence-electron chi connectivity index (χ1n) is 8.69. The fraction of sp³-hybridized carbons (Fsp3) is 0.429. The summed E-state index contributed by atoms with van der Waals surface area (Å²) in [6.45, 7) is 7.72. The van der Waals surface area contributed by atoms with Gasteiger partial charge in [0.25, 0.3) is 0 Å². The second-order valence-electron chi connectivity index (χ2n) is 7.33. The van der Waals surface area contributed by atoms with Crippen LogP contribution in [0.15, 0.2) is 60.7 Å². The maximum absolute atomic E-state index is 3.72. The maximum atomic E-state index is 3.72. The van der Waals surface area contributed by atoms with Gasteiger partial charge in [0.1, 0.15) is 0 Å².